The third-order valence-corrected chi connectivity index (χ3v) is 2.53. The van der Waals surface area contributed by atoms with Gasteiger partial charge in [0.1, 0.15) is 6.61 Å². The molecule has 6 heteroatoms. The number of alkyl carbamates (subject to hydrolysis) is 1. The van der Waals surface area contributed by atoms with E-state index in [-0.39, 0.29) is 18.6 Å². The van der Waals surface area contributed by atoms with Crippen LogP contribution in [0.1, 0.15) is 11.1 Å². The molecule has 1 atom stereocenters. The van der Waals surface area contributed by atoms with Crippen LogP contribution in [0, 0.1) is 0 Å². The lowest BCUT2D eigenvalue weighted by Gasteiger charge is -2.14. The maximum absolute atomic E-state index is 12.7. The standard InChI is InChI=1S/C11H10F3NO2/c12-11(13,14)9-4-2-1-3-7(9)5-8-6-17-10(16)15-8/h1-4,8H,5-6H2,(H,15,16). The van der Waals surface area contributed by atoms with Gasteiger partial charge >= 0.3 is 12.3 Å². The fraction of sp³-hybridized carbons (Fsp3) is 0.364. The molecule has 92 valence electrons. The molecule has 1 fully saturated rings. The summed E-state index contributed by atoms with van der Waals surface area (Å²) in [4.78, 5) is 10.8. The lowest BCUT2D eigenvalue weighted by molar-refractivity contribution is -0.138. The second-order valence-electron chi connectivity index (χ2n) is 3.80. The molecule has 1 heterocycles. The fourth-order valence-corrected chi connectivity index (χ4v) is 1.78. The van der Waals surface area contributed by atoms with E-state index in [1.165, 1.54) is 12.1 Å². The Kier molecular flexibility index (Phi) is 2.95. The molecule has 1 aromatic rings. The average molecular weight is 245 g/mol. The third-order valence-electron chi connectivity index (χ3n) is 2.53. The summed E-state index contributed by atoms with van der Waals surface area (Å²) >= 11 is 0. The molecule has 1 unspecified atom stereocenters. The summed E-state index contributed by atoms with van der Waals surface area (Å²) in [7, 11) is 0. The van der Waals surface area contributed by atoms with E-state index in [2.05, 4.69) is 10.1 Å². The van der Waals surface area contributed by atoms with Crippen molar-refractivity contribution in [1.82, 2.24) is 5.32 Å². The van der Waals surface area contributed by atoms with E-state index in [1.54, 1.807) is 6.07 Å². The van der Waals surface area contributed by atoms with Crippen LogP contribution < -0.4 is 5.32 Å². The van der Waals surface area contributed by atoms with Crippen LogP contribution >= 0.6 is 0 Å². The number of hydrogen-bond donors (Lipinski definition) is 1. The maximum Gasteiger partial charge on any atom is 0.416 e. The van der Waals surface area contributed by atoms with Gasteiger partial charge in [-0.05, 0) is 18.1 Å². The Morgan fingerprint density at radius 3 is 2.65 bits per heavy atom. The van der Waals surface area contributed by atoms with Crippen molar-refractivity contribution in [1.29, 1.82) is 0 Å². The van der Waals surface area contributed by atoms with Crippen LogP contribution in [0.25, 0.3) is 0 Å². The monoisotopic (exact) mass is 245 g/mol. The molecule has 0 aromatic heterocycles. The minimum Gasteiger partial charge on any atom is -0.447 e. The maximum atomic E-state index is 12.7. The average Bonchev–Trinajstić information content (AvgIpc) is 2.63. The highest BCUT2D eigenvalue weighted by Gasteiger charge is 2.34. The number of halogens is 3. The number of alkyl halides is 3. The summed E-state index contributed by atoms with van der Waals surface area (Å²) in [5.41, 5.74) is -0.503. The van der Waals surface area contributed by atoms with E-state index in [0.717, 1.165) is 6.07 Å². The van der Waals surface area contributed by atoms with Crippen molar-refractivity contribution >= 4 is 6.09 Å². The number of carbonyl (C=O) groups excluding carboxylic acids is 1. The Labute approximate surface area is 95.6 Å². The quantitative estimate of drug-likeness (QED) is 0.868. The third kappa shape index (κ3) is 2.69. The highest BCUT2D eigenvalue weighted by atomic mass is 19.4. The Bertz CT molecular complexity index is 431. The van der Waals surface area contributed by atoms with Gasteiger partial charge in [0.2, 0.25) is 0 Å². The van der Waals surface area contributed by atoms with Crippen LogP contribution in [0.4, 0.5) is 18.0 Å². The number of carbonyl (C=O) groups is 1. The van der Waals surface area contributed by atoms with Crippen molar-refractivity contribution in [2.45, 2.75) is 18.6 Å². The van der Waals surface area contributed by atoms with Crippen LogP contribution in [0.5, 0.6) is 0 Å². The topological polar surface area (TPSA) is 38.3 Å². The van der Waals surface area contributed by atoms with Crippen molar-refractivity contribution in [2.75, 3.05) is 6.61 Å². The predicted octanol–water partition coefficient (Wildman–Crippen LogP) is 2.36. The molecule has 0 aliphatic carbocycles. The minimum absolute atomic E-state index is 0.102. The van der Waals surface area contributed by atoms with Crippen molar-refractivity contribution in [3.63, 3.8) is 0 Å². The molecule has 1 aliphatic heterocycles. The van der Waals surface area contributed by atoms with Gasteiger partial charge < -0.3 is 10.1 Å². The molecule has 1 aromatic carbocycles. The van der Waals surface area contributed by atoms with Gasteiger partial charge in [0.15, 0.2) is 0 Å². The molecular weight excluding hydrogens is 235 g/mol. The fourth-order valence-electron chi connectivity index (χ4n) is 1.78. The van der Waals surface area contributed by atoms with Gasteiger partial charge in [-0.15, -0.1) is 0 Å². The molecule has 3 nitrogen and oxygen atoms in total. The summed E-state index contributed by atoms with van der Waals surface area (Å²) in [6.07, 6.45) is -4.85. The lowest BCUT2D eigenvalue weighted by Crippen LogP contribution is -2.29. The first-order valence-corrected chi connectivity index (χ1v) is 5.05. The first-order valence-electron chi connectivity index (χ1n) is 5.05. The van der Waals surface area contributed by atoms with E-state index >= 15 is 0 Å². The normalized spacial score (nSPS) is 19.9. The van der Waals surface area contributed by atoms with Crippen molar-refractivity contribution in [2.24, 2.45) is 0 Å². The Morgan fingerprint density at radius 1 is 1.35 bits per heavy atom. The Balaban J connectivity index is 2.18. The lowest BCUT2D eigenvalue weighted by atomic mass is 10.0. The van der Waals surface area contributed by atoms with Gasteiger partial charge in [-0.2, -0.15) is 13.2 Å². The number of hydrogen-bond acceptors (Lipinski definition) is 2. The van der Waals surface area contributed by atoms with Gasteiger partial charge in [-0.25, -0.2) is 4.79 Å². The zero-order chi connectivity index (χ0) is 12.5. The summed E-state index contributed by atoms with van der Waals surface area (Å²) < 4.78 is 42.7. The molecule has 17 heavy (non-hydrogen) atoms. The number of cyclic esters (lactones) is 1. The molecule has 2 rings (SSSR count). The smallest absolute Gasteiger partial charge is 0.416 e. The number of rotatable bonds is 2. The van der Waals surface area contributed by atoms with Gasteiger partial charge in [-0.1, -0.05) is 18.2 Å². The van der Waals surface area contributed by atoms with Gasteiger partial charge in [0.25, 0.3) is 0 Å². The van der Waals surface area contributed by atoms with Crippen LogP contribution in [0.15, 0.2) is 24.3 Å². The van der Waals surface area contributed by atoms with Crippen LogP contribution in [-0.4, -0.2) is 18.7 Å². The minimum atomic E-state index is -4.37. The van der Waals surface area contributed by atoms with E-state index in [9.17, 15) is 18.0 Å². The molecule has 0 radical (unpaired) electrons. The largest absolute Gasteiger partial charge is 0.447 e. The van der Waals surface area contributed by atoms with Crippen molar-refractivity contribution < 1.29 is 22.7 Å². The first kappa shape index (κ1) is 11.8. The highest BCUT2D eigenvalue weighted by Crippen LogP contribution is 2.32. The van der Waals surface area contributed by atoms with E-state index in [1.807, 2.05) is 0 Å². The van der Waals surface area contributed by atoms with E-state index < -0.39 is 23.9 Å². The van der Waals surface area contributed by atoms with Crippen LogP contribution in [-0.2, 0) is 17.3 Å². The molecule has 1 N–H and O–H groups in total. The summed E-state index contributed by atoms with van der Waals surface area (Å²) in [5.74, 6) is 0. The van der Waals surface area contributed by atoms with E-state index in [0.29, 0.717) is 0 Å². The number of ether oxygens (including phenoxy) is 1. The van der Waals surface area contributed by atoms with Crippen molar-refractivity contribution in [3.8, 4) is 0 Å². The molecule has 1 amide bonds. The summed E-state index contributed by atoms with van der Waals surface area (Å²) in [6, 6.07) is 4.93. The second-order valence-corrected chi connectivity index (χ2v) is 3.80. The second kappa shape index (κ2) is 4.27. The number of amides is 1. The molecule has 1 saturated heterocycles. The number of benzene rings is 1. The van der Waals surface area contributed by atoms with Crippen LogP contribution in [0.2, 0.25) is 0 Å². The van der Waals surface area contributed by atoms with Gasteiger partial charge in [0.05, 0.1) is 11.6 Å². The SMILES string of the molecule is O=C1NC(Cc2ccccc2C(F)(F)F)CO1. The molecule has 1 aliphatic rings. The molecule has 0 saturated carbocycles. The molecule has 0 bridgehead atoms. The zero-order valence-corrected chi connectivity index (χ0v) is 8.75. The molecule has 0 spiro atoms. The van der Waals surface area contributed by atoms with Gasteiger partial charge in [-0.3, -0.25) is 0 Å². The molecular formula is C11H10F3NO2. The summed E-state index contributed by atoms with van der Waals surface area (Å²) in [6.45, 7) is 0.102. The first-order chi connectivity index (χ1) is 7.97. The summed E-state index contributed by atoms with van der Waals surface area (Å²) in [5, 5.41) is 2.45. The predicted molar refractivity (Wildman–Crippen MR) is 53.4 cm³/mol. The van der Waals surface area contributed by atoms with Crippen LogP contribution in [0.3, 0.4) is 0 Å². The Hall–Kier alpha value is -1.72. The van der Waals surface area contributed by atoms with E-state index in [4.69, 9.17) is 0 Å². The van der Waals surface area contributed by atoms with Crippen molar-refractivity contribution in [3.05, 3.63) is 35.4 Å². The zero-order valence-electron chi connectivity index (χ0n) is 8.75. The highest BCUT2D eigenvalue weighted by molar-refractivity contribution is 5.69. The number of nitrogens with one attached hydrogen (secondary N) is 1. The Morgan fingerprint density at radius 2 is 2.06 bits per heavy atom. The van der Waals surface area contributed by atoms with Gasteiger partial charge in [0, 0.05) is 0 Å².